The lowest BCUT2D eigenvalue weighted by Crippen LogP contribution is -2.45. The number of nitro groups is 1. The van der Waals surface area contributed by atoms with Crippen molar-refractivity contribution < 1.29 is 27.7 Å². The van der Waals surface area contributed by atoms with Gasteiger partial charge >= 0.3 is 0 Å². The van der Waals surface area contributed by atoms with E-state index in [0.29, 0.717) is 24.3 Å². The second kappa shape index (κ2) is 19.1. The highest BCUT2D eigenvalue weighted by atomic mass is 32.2. The number of aryl methyl sites for hydroxylation is 1. The lowest BCUT2D eigenvalue weighted by Gasteiger charge is -2.33. The summed E-state index contributed by atoms with van der Waals surface area (Å²) in [6, 6.07) is 25.4. The van der Waals surface area contributed by atoms with Crippen LogP contribution in [0.5, 0.6) is 5.75 Å². The maximum absolute atomic E-state index is 13.4. The molecule has 292 valence electrons. The molecule has 1 fully saturated rings. The summed E-state index contributed by atoms with van der Waals surface area (Å²) >= 11 is 1.65. The Morgan fingerprint density at radius 1 is 0.964 bits per heavy atom. The van der Waals surface area contributed by atoms with Gasteiger partial charge in [0, 0.05) is 87.1 Å². The van der Waals surface area contributed by atoms with Crippen LogP contribution in [0.1, 0.15) is 28.8 Å². The molecule has 1 saturated heterocycles. The van der Waals surface area contributed by atoms with Crippen molar-refractivity contribution in [2.45, 2.75) is 35.1 Å². The Bertz CT molecular complexity index is 2060. The summed E-state index contributed by atoms with van der Waals surface area (Å²) in [5, 5.41) is 15.6. The molecular formula is C40H48N6O7S2. The number of hydrogen-bond donors (Lipinski definition) is 2. The largest absolute Gasteiger partial charge is 0.496 e. The predicted octanol–water partition coefficient (Wildman–Crippen LogP) is 5.62. The van der Waals surface area contributed by atoms with Crippen LogP contribution in [0.4, 0.5) is 11.4 Å². The van der Waals surface area contributed by atoms with E-state index in [2.05, 4.69) is 26.9 Å². The number of thioether (sulfide) groups is 1. The van der Waals surface area contributed by atoms with Gasteiger partial charge in [-0.3, -0.25) is 19.7 Å². The number of piperazine rings is 1. The van der Waals surface area contributed by atoms with E-state index in [1.807, 2.05) is 48.5 Å². The summed E-state index contributed by atoms with van der Waals surface area (Å²) in [6.45, 7) is 4.67. The molecule has 15 heteroatoms. The van der Waals surface area contributed by atoms with Crippen LogP contribution in [0.25, 0.3) is 11.1 Å². The first kappa shape index (κ1) is 41.2. The Hall–Kier alpha value is -4.96. The number of ether oxygens (including phenoxy) is 1. The van der Waals surface area contributed by atoms with Crippen molar-refractivity contribution in [3.63, 3.8) is 0 Å². The minimum atomic E-state index is -4.47. The molecule has 1 heterocycles. The molecule has 0 saturated carbocycles. The van der Waals surface area contributed by atoms with E-state index in [1.54, 1.807) is 50.0 Å². The van der Waals surface area contributed by atoms with E-state index in [9.17, 15) is 28.1 Å². The Kier molecular flexibility index (Phi) is 14.3. The fraction of sp³-hybridized carbons (Fsp3) is 0.350. The number of anilines is 1. The molecular weight excluding hydrogens is 741 g/mol. The van der Waals surface area contributed by atoms with Crippen LogP contribution in [-0.4, -0.2) is 113 Å². The fourth-order valence-electron chi connectivity index (χ4n) is 6.14. The number of likely N-dealkylation sites (N-methyl/N-ethyl adjacent to an activating group) is 1. The molecule has 1 aliphatic heterocycles. The maximum Gasteiger partial charge on any atom is 0.293 e. The Morgan fingerprint density at radius 3 is 2.33 bits per heavy atom. The van der Waals surface area contributed by atoms with Gasteiger partial charge in [0.15, 0.2) is 0 Å². The van der Waals surface area contributed by atoms with Gasteiger partial charge in [-0.1, -0.05) is 42.5 Å². The molecule has 0 unspecified atom stereocenters. The molecule has 4 aromatic carbocycles. The minimum Gasteiger partial charge on any atom is -0.496 e. The van der Waals surface area contributed by atoms with Gasteiger partial charge in [-0.05, 0) is 73.5 Å². The second-order valence-corrected chi connectivity index (χ2v) is 16.4. The molecule has 4 aromatic rings. The van der Waals surface area contributed by atoms with E-state index >= 15 is 0 Å². The monoisotopic (exact) mass is 788 g/mol. The van der Waals surface area contributed by atoms with Crippen molar-refractivity contribution in [2.75, 3.05) is 72.0 Å². The number of carbonyl (C=O) groups excluding carboxylic acids is 2. The average Bonchev–Trinajstić information content (AvgIpc) is 3.18. The minimum absolute atomic E-state index is 0.0244. The summed E-state index contributed by atoms with van der Waals surface area (Å²) in [5.41, 5.74) is 2.30. The summed E-state index contributed by atoms with van der Waals surface area (Å²) in [4.78, 5) is 43.7. The van der Waals surface area contributed by atoms with Gasteiger partial charge in [0.25, 0.3) is 21.6 Å². The molecule has 13 nitrogen and oxygen atoms in total. The van der Waals surface area contributed by atoms with Crippen LogP contribution < -0.4 is 14.8 Å². The van der Waals surface area contributed by atoms with Crippen LogP contribution in [0.2, 0.25) is 0 Å². The zero-order valence-electron chi connectivity index (χ0n) is 31.6. The zero-order valence-corrected chi connectivity index (χ0v) is 33.2. The summed E-state index contributed by atoms with van der Waals surface area (Å²) in [7, 11) is 2.61. The number of nitro benzene ring substituents is 1. The van der Waals surface area contributed by atoms with Crippen LogP contribution in [0, 0.1) is 10.1 Å². The van der Waals surface area contributed by atoms with Crippen molar-refractivity contribution in [3.05, 3.63) is 112 Å². The maximum atomic E-state index is 13.4. The standard InChI is InChI=1S/C40H48N6O7S2/c1-43(2)39(47)19-11-29-10-17-35(38(26-29)53-4)30-12-14-31(15-13-30)40(48)42-55(51,52)34-16-18-36(37(27-34)46(49)50)41-32(28-54-33-8-6-5-7-9-33)20-21-45-24-22-44(3)23-25-45/h5-10,12-18,26-27,32,41H,11,19-25,28H2,1-4H3,(H,42,48)/t32-/m1/s1. The lowest BCUT2D eigenvalue weighted by molar-refractivity contribution is -0.384. The van der Waals surface area contributed by atoms with Crippen molar-refractivity contribution in [1.82, 2.24) is 19.4 Å². The average molecular weight is 789 g/mol. The predicted molar refractivity (Wildman–Crippen MR) is 216 cm³/mol. The van der Waals surface area contributed by atoms with E-state index in [1.165, 1.54) is 24.3 Å². The number of nitrogens with zero attached hydrogens (tertiary/aromatic N) is 4. The first-order chi connectivity index (χ1) is 26.3. The summed E-state index contributed by atoms with van der Waals surface area (Å²) in [5.74, 6) is 0.370. The van der Waals surface area contributed by atoms with Gasteiger partial charge in [-0.2, -0.15) is 0 Å². The molecule has 0 aliphatic carbocycles. The number of nitrogens with one attached hydrogen (secondary N) is 2. The van der Waals surface area contributed by atoms with E-state index in [-0.39, 0.29) is 23.2 Å². The van der Waals surface area contributed by atoms with E-state index < -0.39 is 31.4 Å². The van der Waals surface area contributed by atoms with Gasteiger partial charge in [0.05, 0.1) is 16.9 Å². The third-order valence-corrected chi connectivity index (χ3v) is 12.0. The molecule has 0 bridgehead atoms. The molecule has 2 N–H and O–H groups in total. The van der Waals surface area contributed by atoms with Crippen LogP contribution in [-0.2, 0) is 21.2 Å². The summed E-state index contributed by atoms with van der Waals surface area (Å²) < 4.78 is 34.4. The summed E-state index contributed by atoms with van der Waals surface area (Å²) in [6.07, 6.45) is 1.64. The molecule has 2 amide bonds. The van der Waals surface area contributed by atoms with Crippen molar-refractivity contribution >= 4 is 45.0 Å². The highest BCUT2D eigenvalue weighted by Crippen LogP contribution is 2.33. The quantitative estimate of drug-likeness (QED) is 0.0779. The molecule has 1 atom stereocenters. The Labute approximate surface area is 327 Å². The number of methoxy groups -OCH3 is 1. The normalized spacial score (nSPS) is 14.2. The van der Waals surface area contributed by atoms with Gasteiger partial charge in [0.2, 0.25) is 5.91 Å². The first-order valence-corrected chi connectivity index (χ1v) is 20.5. The highest BCUT2D eigenvalue weighted by Gasteiger charge is 2.26. The van der Waals surface area contributed by atoms with Crippen molar-refractivity contribution in [1.29, 1.82) is 0 Å². The number of rotatable bonds is 17. The molecule has 0 radical (unpaired) electrons. The SMILES string of the molecule is COc1cc(CCC(=O)N(C)C)ccc1-c1ccc(C(=O)NS(=O)(=O)c2ccc(N[C@H](CCN3CCN(C)CC3)CSc3ccccc3)c([N+](=O)[O-])c2)cc1. The van der Waals surface area contributed by atoms with E-state index in [0.717, 1.165) is 66.8 Å². The third-order valence-electron chi connectivity index (χ3n) is 9.50. The topological polar surface area (TPSA) is 154 Å². The van der Waals surface area contributed by atoms with Crippen LogP contribution in [0.15, 0.2) is 101 Å². The molecule has 55 heavy (non-hydrogen) atoms. The lowest BCUT2D eigenvalue weighted by atomic mass is 9.99. The van der Waals surface area contributed by atoms with Crippen LogP contribution in [0.3, 0.4) is 0 Å². The second-order valence-electron chi connectivity index (χ2n) is 13.7. The van der Waals surface area contributed by atoms with Crippen molar-refractivity contribution in [2.24, 2.45) is 0 Å². The fourth-order valence-corrected chi connectivity index (χ4v) is 8.12. The Morgan fingerprint density at radius 2 is 1.67 bits per heavy atom. The smallest absolute Gasteiger partial charge is 0.293 e. The zero-order chi connectivity index (χ0) is 39.5. The number of hydrogen-bond acceptors (Lipinski definition) is 11. The van der Waals surface area contributed by atoms with Crippen molar-refractivity contribution in [3.8, 4) is 16.9 Å². The molecule has 5 rings (SSSR count). The number of amides is 2. The van der Waals surface area contributed by atoms with E-state index in [4.69, 9.17) is 4.74 Å². The first-order valence-electron chi connectivity index (χ1n) is 18.0. The van der Waals surface area contributed by atoms with Gasteiger partial charge < -0.3 is 24.8 Å². The molecule has 1 aliphatic rings. The van der Waals surface area contributed by atoms with Gasteiger partial charge in [0.1, 0.15) is 11.4 Å². The Balaban J connectivity index is 1.27. The highest BCUT2D eigenvalue weighted by molar-refractivity contribution is 7.99. The molecule has 0 spiro atoms. The van der Waals surface area contributed by atoms with Crippen LogP contribution >= 0.6 is 11.8 Å². The van der Waals surface area contributed by atoms with Gasteiger partial charge in [-0.25, -0.2) is 13.1 Å². The number of sulfonamides is 1. The van der Waals surface area contributed by atoms with Gasteiger partial charge in [-0.15, -0.1) is 11.8 Å². The molecule has 0 aromatic heterocycles. The number of carbonyl (C=O) groups is 2. The number of benzene rings is 4. The third kappa shape index (κ3) is 11.5.